The van der Waals surface area contributed by atoms with Crippen LogP contribution in [0.2, 0.25) is 0 Å². The Balaban J connectivity index is 2.22. The predicted molar refractivity (Wildman–Crippen MR) is 56.7 cm³/mol. The summed E-state index contributed by atoms with van der Waals surface area (Å²) in [6.07, 6.45) is 3.09. The van der Waals surface area contributed by atoms with Gasteiger partial charge in [-0.3, -0.25) is 9.59 Å². The SMILES string of the molecule is CC1C(=O)NCCN1C(=O)c1cncn1C. The highest BCUT2D eigenvalue weighted by atomic mass is 16.2. The van der Waals surface area contributed by atoms with Crippen LogP contribution in [-0.4, -0.2) is 45.4 Å². The van der Waals surface area contributed by atoms with Gasteiger partial charge in [0.1, 0.15) is 11.7 Å². The van der Waals surface area contributed by atoms with Crippen LogP contribution >= 0.6 is 0 Å². The van der Waals surface area contributed by atoms with Crippen molar-refractivity contribution in [2.45, 2.75) is 13.0 Å². The summed E-state index contributed by atoms with van der Waals surface area (Å²) in [5.41, 5.74) is 0.501. The van der Waals surface area contributed by atoms with Gasteiger partial charge in [-0.25, -0.2) is 4.98 Å². The van der Waals surface area contributed by atoms with E-state index in [1.165, 1.54) is 6.20 Å². The molecule has 1 N–H and O–H groups in total. The number of hydrogen-bond donors (Lipinski definition) is 1. The molecular weight excluding hydrogens is 208 g/mol. The molecular formula is C10H14N4O2. The number of carbonyl (C=O) groups excluding carboxylic acids is 2. The number of aromatic nitrogens is 2. The Hall–Kier alpha value is -1.85. The molecule has 6 heteroatoms. The highest BCUT2D eigenvalue weighted by Gasteiger charge is 2.30. The summed E-state index contributed by atoms with van der Waals surface area (Å²) >= 11 is 0. The third-order valence-electron chi connectivity index (χ3n) is 2.80. The van der Waals surface area contributed by atoms with Crippen LogP contribution in [0.4, 0.5) is 0 Å². The zero-order valence-electron chi connectivity index (χ0n) is 9.30. The van der Waals surface area contributed by atoms with Crippen molar-refractivity contribution in [3.63, 3.8) is 0 Å². The summed E-state index contributed by atoms with van der Waals surface area (Å²) in [6, 6.07) is -0.420. The minimum absolute atomic E-state index is 0.109. The molecule has 2 heterocycles. The van der Waals surface area contributed by atoms with Crippen molar-refractivity contribution >= 4 is 11.8 Å². The number of piperazine rings is 1. The number of nitrogens with zero attached hydrogens (tertiary/aromatic N) is 3. The van der Waals surface area contributed by atoms with Crippen molar-refractivity contribution in [1.29, 1.82) is 0 Å². The molecule has 0 aromatic carbocycles. The fourth-order valence-electron chi connectivity index (χ4n) is 1.77. The first kappa shape index (κ1) is 10.7. The third-order valence-corrected chi connectivity index (χ3v) is 2.80. The van der Waals surface area contributed by atoms with Gasteiger partial charge in [0.15, 0.2) is 0 Å². The number of hydrogen-bond acceptors (Lipinski definition) is 3. The predicted octanol–water partition coefficient (Wildman–Crippen LogP) is -0.619. The van der Waals surface area contributed by atoms with Crippen LogP contribution in [0.15, 0.2) is 12.5 Å². The molecule has 1 atom stereocenters. The zero-order chi connectivity index (χ0) is 11.7. The summed E-state index contributed by atoms with van der Waals surface area (Å²) < 4.78 is 1.65. The van der Waals surface area contributed by atoms with Crippen LogP contribution in [0.5, 0.6) is 0 Å². The zero-order valence-corrected chi connectivity index (χ0v) is 9.30. The lowest BCUT2D eigenvalue weighted by molar-refractivity contribution is -0.127. The highest BCUT2D eigenvalue weighted by molar-refractivity contribution is 5.96. The fraction of sp³-hybridized carbons (Fsp3) is 0.500. The second-order valence-electron chi connectivity index (χ2n) is 3.86. The summed E-state index contributed by atoms with van der Waals surface area (Å²) in [4.78, 5) is 29.0. The monoisotopic (exact) mass is 222 g/mol. The molecule has 1 aliphatic heterocycles. The van der Waals surface area contributed by atoms with Crippen LogP contribution in [0.1, 0.15) is 17.4 Å². The van der Waals surface area contributed by atoms with Crippen LogP contribution < -0.4 is 5.32 Å². The standard InChI is InChI=1S/C10H14N4O2/c1-7-9(15)12-3-4-14(7)10(16)8-5-11-6-13(8)2/h5-7H,3-4H2,1-2H3,(H,12,15). The van der Waals surface area contributed by atoms with Crippen LogP contribution in [-0.2, 0) is 11.8 Å². The summed E-state index contributed by atoms with van der Waals surface area (Å²) in [5.74, 6) is -0.260. The third kappa shape index (κ3) is 1.66. The molecule has 86 valence electrons. The normalized spacial score (nSPS) is 20.8. The first-order chi connectivity index (χ1) is 7.61. The molecule has 16 heavy (non-hydrogen) atoms. The molecule has 2 amide bonds. The molecule has 2 rings (SSSR count). The minimum Gasteiger partial charge on any atom is -0.353 e. The Kier molecular flexibility index (Phi) is 2.64. The molecule has 1 unspecified atom stereocenters. The maximum atomic E-state index is 12.1. The molecule has 0 saturated carbocycles. The van der Waals surface area contributed by atoms with Gasteiger partial charge in [-0.2, -0.15) is 0 Å². The topological polar surface area (TPSA) is 67.2 Å². The summed E-state index contributed by atoms with van der Waals surface area (Å²) in [6.45, 7) is 2.77. The lowest BCUT2D eigenvalue weighted by Gasteiger charge is -2.32. The first-order valence-corrected chi connectivity index (χ1v) is 5.16. The first-order valence-electron chi connectivity index (χ1n) is 5.16. The van der Waals surface area contributed by atoms with E-state index >= 15 is 0 Å². The van der Waals surface area contributed by atoms with Crippen LogP contribution in [0.25, 0.3) is 0 Å². The van der Waals surface area contributed by atoms with E-state index in [0.717, 1.165) is 0 Å². The number of imidazole rings is 1. The van der Waals surface area contributed by atoms with Gasteiger partial charge in [-0.1, -0.05) is 0 Å². The van der Waals surface area contributed by atoms with E-state index in [1.807, 2.05) is 0 Å². The average Bonchev–Trinajstić information content (AvgIpc) is 2.68. The summed E-state index contributed by atoms with van der Waals surface area (Å²) in [5, 5.41) is 2.72. The quantitative estimate of drug-likeness (QED) is 0.688. The molecule has 1 aromatic heterocycles. The fourth-order valence-corrected chi connectivity index (χ4v) is 1.77. The van der Waals surface area contributed by atoms with Gasteiger partial charge in [0.05, 0.1) is 12.5 Å². The number of amides is 2. The molecule has 0 aliphatic carbocycles. The maximum absolute atomic E-state index is 12.1. The Morgan fingerprint density at radius 2 is 2.38 bits per heavy atom. The van der Waals surface area contributed by atoms with Crippen molar-refractivity contribution in [1.82, 2.24) is 19.8 Å². The maximum Gasteiger partial charge on any atom is 0.272 e. The lowest BCUT2D eigenvalue weighted by Crippen LogP contribution is -2.56. The molecule has 6 nitrogen and oxygen atoms in total. The molecule has 0 radical (unpaired) electrons. The molecule has 1 fully saturated rings. The van der Waals surface area contributed by atoms with Gasteiger partial charge in [0, 0.05) is 20.1 Å². The van der Waals surface area contributed by atoms with E-state index in [1.54, 1.807) is 29.8 Å². The highest BCUT2D eigenvalue weighted by Crippen LogP contribution is 2.09. The van der Waals surface area contributed by atoms with Crippen molar-refractivity contribution < 1.29 is 9.59 Å². The largest absolute Gasteiger partial charge is 0.353 e. The average molecular weight is 222 g/mol. The van der Waals surface area contributed by atoms with E-state index in [9.17, 15) is 9.59 Å². The van der Waals surface area contributed by atoms with E-state index in [0.29, 0.717) is 18.8 Å². The van der Waals surface area contributed by atoms with Crippen molar-refractivity contribution in [2.75, 3.05) is 13.1 Å². The number of nitrogens with one attached hydrogen (secondary N) is 1. The van der Waals surface area contributed by atoms with Crippen LogP contribution in [0, 0.1) is 0 Å². The van der Waals surface area contributed by atoms with Gasteiger partial charge < -0.3 is 14.8 Å². The van der Waals surface area contributed by atoms with Gasteiger partial charge in [0.25, 0.3) is 5.91 Å². The summed E-state index contributed by atoms with van der Waals surface area (Å²) in [7, 11) is 1.76. The van der Waals surface area contributed by atoms with Gasteiger partial charge >= 0.3 is 0 Å². The Morgan fingerprint density at radius 3 is 3.00 bits per heavy atom. The Labute approximate surface area is 93.3 Å². The molecule has 1 aliphatic rings. The van der Waals surface area contributed by atoms with Crippen LogP contribution in [0.3, 0.4) is 0 Å². The smallest absolute Gasteiger partial charge is 0.272 e. The Morgan fingerprint density at radius 1 is 1.62 bits per heavy atom. The van der Waals surface area contributed by atoms with E-state index < -0.39 is 6.04 Å². The molecule has 0 spiro atoms. The Bertz CT molecular complexity index is 426. The molecule has 0 bridgehead atoms. The molecule has 1 aromatic rings. The van der Waals surface area contributed by atoms with Gasteiger partial charge in [0.2, 0.25) is 5.91 Å². The van der Waals surface area contributed by atoms with Crippen molar-refractivity contribution in [2.24, 2.45) is 7.05 Å². The van der Waals surface area contributed by atoms with E-state index in [2.05, 4.69) is 10.3 Å². The van der Waals surface area contributed by atoms with Crippen molar-refractivity contribution in [3.8, 4) is 0 Å². The lowest BCUT2D eigenvalue weighted by atomic mass is 10.2. The van der Waals surface area contributed by atoms with E-state index in [-0.39, 0.29) is 11.8 Å². The minimum atomic E-state index is -0.420. The van der Waals surface area contributed by atoms with E-state index in [4.69, 9.17) is 0 Å². The second kappa shape index (κ2) is 3.96. The second-order valence-corrected chi connectivity index (χ2v) is 3.86. The molecule has 1 saturated heterocycles. The number of rotatable bonds is 1. The van der Waals surface area contributed by atoms with Gasteiger partial charge in [-0.15, -0.1) is 0 Å². The number of carbonyl (C=O) groups is 2. The van der Waals surface area contributed by atoms with Crippen molar-refractivity contribution in [3.05, 3.63) is 18.2 Å². The number of aryl methyl sites for hydroxylation is 1. The van der Waals surface area contributed by atoms with Gasteiger partial charge in [-0.05, 0) is 6.92 Å².